The van der Waals surface area contributed by atoms with Crippen LogP contribution >= 0.6 is 0 Å². The second-order valence-corrected chi connectivity index (χ2v) is 5.55. The monoisotopic (exact) mass is 250 g/mol. The van der Waals surface area contributed by atoms with E-state index in [1.54, 1.807) is 13.8 Å². The van der Waals surface area contributed by atoms with Gasteiger partial charge in [0.05, 0.1) is 0 Å². The summed E-state index contributed by atoms with van der Waals surface area (Å²) in [5, 5.41) is 5.50. The number of hydrogen-bond donors (Lipinski definition) is 3. The first-order valence-corrected chi connectivity index (χ1v) is 6.65. The summed E-state index contributed by atoms with van der Waals surface area (Å²) in [6, 6.07) is -0.785. The molecule has 1 heterocycles. The van der Waals surface area contributed by atoms with E-state index >= 15 is 0 Å². The molecule has 7 nitrogen and oxygen atoms in total. The summed E-state index contributed by atoms with van der Waals surface area (Å²) in [7, 11) is -3.70. The van der Waals surface area contributed by atoms with Crippen LogP contribution in [-0.4, -0.2) is 51.0 Å². The number of rotatable bonds is 3. The highest BCUT2D eigenvalue weighted by molar-refractivity contribution is 7.87. The van der Waals surface area contributed by atoms with Gasteiger partial charge in [-0.25, -0.2) is 9.52 Å². The lowest BCUT2D eigenvalue weighted by atomic mass is 10.4. The summed E-state index contributed by atoms with van der Waals surface area (Å²) >= 11 is 0. The van der Waals surface area contributed by atoms with Gasteiger partial charge in [0.15, 0.2) is 0 Å². The topological polar surface area (TPSA) is 90.5 Å². The van der Waals surface area contributed by atoms with Crippen LogP contribution in [0.2, 0.25) is 0 Å². The Kier molecular flexibility index (Phi) is 4.51. The fourth-order valence-electron chi connectivity index (χ4n) is 1.36. The Bertz CT molecular complexity index is 335. The molecule has 1 aliphatic rings. The number of urea groups is 1. The van der Waals surface area contributed by atoms with Gasteiger partial charge in [0.2, 0.25) is 0 Å². The minimum Gasteiger partial charge on any atom is -0.335 e. The van der Waals surface area contributed by atoms with Crippen molar-refractivity contribution < 1.29 is 13.2 Å². The Labute approximate surface area is 95.8 Å². The van der Waals surface area contributed by atoms with E-state index in [0.717, 1.165) is 0 Å². The third-order valence-electron chi connectivity index (χ3n) is 2.06. The van der Waals surface area contributed by atoms with Crippen LogP contribution in [0.1, 0.15) is 13.8 Å². The van der Waals surface area contributed by atoms with Crippen LogP contribution in [0.25, 0.3) is 0 Å². The zero-order valence-corrected chi connectivity index (χ0v) is 10.3. The average molecular weight is 250 g/mol. The highest BCUT2D eigenvalue weighted by atomic mass is 32.2. The van der Waals surface area contributed by atoms with Gasteiger partial charge in [-0.05, 0) is 13.8 Å². The molecule has 0 unspecified atom stereocenters. The van der Waals surface area contributed by atoms with E-state index in [0.29, 0.717) is 26.2 Å². The van der Waals surface area contributed by atoms with Crippen LogP contribution in [0, 0.1) is 0 Å². The molecule has 0 aromatic heterocycles. The number of amides is 2. The Morgan fingerprint density at radius 3 is 2.38 bits per heavy atom. The predicted molar refractivity (Wildman–Crippen MR) is 60.2 cm³/mol. The minimum absolute atomic E-state index is 0.0989. The van der Waals surface area contributed by atoms with Crippen LogP contribution < -0.4 is 15.4 Å². The van der Waals surface area contributed by atoms with Crippen molar-refractivity contribution in [3.8, 4) is 0 Å². The van der Waals surface area contributed by atoms with Crippen molar-refractivity contribution in [1.29, 1.82) is 0 Å². The standard InChI is InChI=1S/C8H18N4O3S/c1-7(2)10-8(13)11-16(14,15)12-5-3-9-4-6-12/h7,9H,3-6H2,1-2H3,(H2,10,11,13). The molecule has 3 N–H and O–H groups in total. The fourth-order valence-corrected chi connectivity index (χ4v) is 2.44. The van der Waals surface area contributed by atoms with E-state index in [-0.39, 0.29) is 6.04 Å². The zero-order valence-electron chi connectivity index (χ0n) is 9.49. The molecule has 16 heavy (non-hydrogen) atoms. The van der Waals surface area contributed by atoms with Gasteiger partial charge in [-0.15, -0.1) is 0 Å². The maximum Gasteiger partial charge on any atom is 0.329 e. The van der Waals surface area contributed by atoms with E-state index in [1.165, 1.54) is 4.31 Å². The summed E-state index contributed by atoms with van der Waals surface area (Å²) in [6.07, 6.45) is 0. The minimum atomic E-state index is -3.70. The SMILES string of the molecule is CC(C)NC(=O)NS(=O)(=O)N1CCNCC1. The second kappa shape index (κ2) is 5.46. The maximum atomic E-state index is 11.7. The normalized spacial score (nSPS) is 18.4. The van der Waals surface area contributed by atoms with Crippen molar-refractivity contribution in [2.45, 2.75) is 19.9 Å². The number of carbonyl (C=O) groups excluding carboxylic acids is 1. The third-order valence-corrected chi connectivity index (χ3v) is 3.55. The van der Waals surface area contributed by atoms with Gasteiger partial charge >= 0.3 is 16.2 Å². The molecule has 0 atom stereocenters. The highest BCUT2D eigenvalue weighted by Gasteiger charge is 2.25. The van der Waals surface area contributed by atoms with E-state index in [4.69, 9.17) is 0 Å². The summed E-state index contributed by atoms with van der Waals surface area (Å²) < 4.78 is 26.6. The number of nitrogens with one attached hydrogen (secondary N) is 3. The Morgan fingerprint density at radius 2 is 1.88 bits per heavy atom. The van der Waals surface area contributed by atoms with E-state index in [9.17, 15) is 13.2 Å². The molecule has 0 radical (unpaired) electrons. The molecule has 0 aliphatic carbocycles. The maximum absolute atomic E-state index is 11.7. The number of carbonyl (C=O) groups is 1. The summed E-state index contributed by atoms with van der Waals surface area (Å²) in [6.45, 7) is 5.49. The first kappa shape index (κ1) is 13.2. The zero-order chi connectivity index (χ0) is 12.2. The summed E-state index contributed by atoms with van der Waals surface area (Å²) in [5.74, 6) is 0. The summed E-state index contributed by atoms with van der Waals surface area (Å²) in [4.78, 5) is 11.3. The van der Waals surface area contributed by atoms with Crippen LogP contribution in [0.5, 0.6) is 0 Å². The lowest BCUT2D eigenvalue weighted by Gasteiger charge is -2.26. The quantitative estimate of drug-likeness (QED) is 0.589. The van der Waals surface area contributed by atoms with Gasteiger partial charge in [-0.1, -0.05) is 0 Å². The smallest absolute Gasteiger partial charge is 0.329 e. The van der Waals surface area contributed by atoms with Crippen molar-refractivity contribution in [1.82, 2.24) is 19.7 Å². The molecule has 1 rings (SSSR count). The molecule has 1 saturated heterocycles. The first-order chi connectivity index (χ1) is 7.42. The van der Waals surface area contributed by atoms with E-state index in [2.05, 4.69) is 10.6 Å². The number of nitrogens with zero attached hydrogens (tertiary/aromatic N) is 1. The van der Waals surface area contributed by atoms with Gasteiger partial charge in [0.25, 0.3) is 0 Å². The molecule has 2 amide bonds. The number of hydrogen-bond acceptors (Lipinski definition) is 4. The van der Waals surface area contributed by atoms with Crippen LogP contribution in [-0.2, 0) is 10.2 Å². The van der Waals surface area contributed by atoms with Gasteiger partial charge < -0.3 is 10.6 Å². The fraction of sp³-hybridized carbons (Fsp3) is 0.875. The largest absolute Gasteiger partial charge is 0.335 e. The van der Waals surface area contributed by atoms with Crippen molar-refractivity contribution in [3.63, 3.8) is 0 Å². The van der Waals surface area contributed by atoms with Crippen LogP contribution in [0.15, 0.2) is 0 Å². The Balaban J connectivity index is 2.53. The van der Waals surface area contributed by atoms with E-state index < -0.39 is 16.2 Å². The van der Waals surface area contributed by atoms with Crippen molar-refractivity contribution in [2.24, 2.45) is 0 Å². The summed E-state index contributed by atoms with van der Waals surface area (Å²) in [5.41, 5.74) is 0. The molecule has 8 heteroatoms. The van der Waals surface area contributed by atoms with Gasteiger partial charge in [0, 0.05) is 32.2 Å². The molecule has 0 bridgehead atoms. The highest BCUT2D eigenvalue weighted by Crippen LogP contribution is 1.99. The molecular formula is C8H18N4O3S. The molecule has 1 aliphatic heterocycles. The van der Waals surface area contributed by atoms with Crippen molar-refractivity contribution >= 4 is 16.2 Å². The van der Waals surface area contributed by atoms with Crippen LogP contribution in [0.3, 0.4) is 0 Å². The van der Waals surface area contributed by atoms with Gasteiger partial charge in [-0.2, -0.15) is 12.7 Å². The number of piperazine rings is 1. The van der Waals surface area contributed by atoms with Gasteiger partial charge in [0.1, 0.15) is 0 Å². The Morgan fingerprint density at radius 1 is 1.31 bits per heavy atom. The molecule has 0 aromatic carbocycles. The van der Waals surface area contributed by atoms with Crippen LogP contribution in [0.4, 0.5) is 4.79 Å². The molecule has 0 aromatic rings. The lowest BCUT2D eigenvalue weighted by molar-refractivity contribution is 0.242. The van der Waals surface area contributed by atoms with Gasteiger partial charge in [-0.3, -0.25) is 0 Å². The molecule has 0 saturated carbocycles. The van der Waals surface area contributed by atoms with Crippen molar-refractivity contribution in [3.05, 3.63) is 0 Å². The molecular weight excluding hydrogens is 232 g/mol. The molecule has 0 spiro atoms. The lowest BCUT2D eigenvalue weighted by Crippen LogP contribution is -2.53. The second-order valence-electron chi connectivity index (χ2n) is 3.88. The van der Waals surface area contributed by atoms with E-state index in [1.807, 2.05) is 4.72 Å². The predicted octanol–water partition coefficient (Wildman–Crippen LogP) is -1.16. The Hall–Kier alpha value is -0.860. The average Bonchev–Trinajstić information content (AvgIpc) is 2.16. The van der Waals surface area contributed by atoms with Crippen molar-refractivity contribution in [2.75, 3.05) is 26.2 Å². The molecule has 1 fully saturated rings. The third kappa shape index (κ3) is 3.95. The molecule has 94 valence electrons. The first-order valence-electron chi connectivity index (χ1n) is 5.21.